The van der Waals surface area contributed by atoms with E-state index in [2.05, 4.69) is 38.7 Å². The molecule has 0 fully saturated rings. The molecule has 0 saturated heterocycles. The van der Waals surface area contributed by atoms with Crippen LogP contribution in [0.2, 0.25) is 0 Å². The molecule has 0 aromatic rings. The molecule has 0 saturated carbocycles. The van der Waals surface area contributed by atoms with Crippen LogP contribution < -0.4 is 0 Å². The van der Waals surface area contributed by atoms with Crippen LogP contribution in [-0.4, -0.2) is 0 Å². The van der Waals surface area contributed by atoms with Crippen LogP contribution in [0.4, 0.5) is 0 Å². The lowest BCUT2D eigenvalue weighted by molar-refractivity contribution is 0.832. The van der Waals surface area contributed by atoms with Gasteiger partial charge in [0, 0.05) is 6.42 Å². The molecule has 0 nitrogen and oxygen atoms in total. The summed E-state index contributed by atoms with van der Waals surface area (Å²) in [5, 5.41) is 0. The van der Waals surface area contributed by atoms with Gasteiger partial charge in [0.1, 0.15) is 0 Å². The molecule has 0 amide bonds. The molecule has 0 heteroatoms. The largest absolute Gasteiger partial charge is 0.0988 e. The van der Waals surface area contributed by atoms with Gasteiger partial charge in [-0.25, -0.2) is 0 Å². The maximum absolute atomic E-state index is 2.97. The highest BCUT2D eigenvalue weighted by Gasteiger charge is 1.78. The lowest BCUT2D eigenvalue weighted by Crippen LogP contribution is -1.74. The first-order valence-corrected chi connectivity index (χ1v) is 3.42. The predicted molar refractivity (Wildman–Crippen MR) is 42.0 cm³/mol. The van der Waals surface area contributed by atoms with Gasteiger partial charge < -0.3 is 0 Å². The Hall–Kier alpha value is -0.700. The molecule has 0 aliphatic carbocycles. The zero-order valence-electron chi connectivity index (χ0n) is 6.44. The van der Waals surface area contributed by atoms with Gasteiger partial charge in [-0.2, -0.15) is 0 Å². The zero-order chi connectivity index (χ0) is 7.11. The minimum Gasteiger partial charge on any atom is -0.0988 e. The van der Waals surface area contributed by atoms with Crippen molar-refractivity contribution >= 4 is 0 Å². The van der Waals surface area contributed by atoms with Crippen molar-refractivity contribution in [3.8, 4) is 11.8 Å². The average molecular weight is 122 g/mol. The molecule has 9 heavy (non-hydrogen) atoms. The van der Waals surface area contributed by atoms with Crippen LogP contribution in [0.25, 0.3) is 0 Å². The Bertz CT molecular complexity index is 130. The Labute approximate surface area is 58.0 Å². The van der Waals surface area contributed by atoms with E-state index in [0.29, 0.717) is 5.92 Å². The first kappa shape index (κ1) is 8.30. The molecule has 0 spiro atoms. The Balaban J connectivity index is 3.47. The minimum atomic E-state index is 0.621. The Morgan fingerprint density at radius 2 is 2.11 bits per heavy atom. The average Bonchev–Trinajstić information content (AvgIpc) is 1.80. The summed E-state index contributed by atoms with van der Waals surface area (Å²) in [5.41, 5.74) is 0. The monoisotopic (exact) mass is 122 g/mol. The molecule has 0 heterocycles. The number of hydrogen-bond donors (Lipinski definition) is 0. The summed E-state index contributed by atoms with van der Waals surface area (Å²) >= 11 is 0. The zero-order valence-corrected chi connectivity index (χ0v) is 6.44. The second kappa shape index (κ2) is 5.44. The van der Waals surface area contributed by atoms with E-state index in [1.807, 2.05) is 6.08 Å². The first-order valence-electron chi connectivity index (χ1n) is 3.42. The molecule has 0 rings (SSSR count). The van der Waals surface area contributed by atoms with Gasteiger partial charge >= 0.3 is 0 Å². The van der Waals surface area contributed by atoms with Crippen LogP contribution in [0.5, 0.6) is 0 Å². The summed E-state index contributed by atoms with van der Waals surface area (Å²) < 4.78 is 0. The summed E-state index contributed by atoms with van der Waals surface area (Å²) in [6.07, 6.45) is 4.97. The molecule has 0 N–H and O–H groups in total. The Morgan fingerprint density at radius 1 is 1.44 bits per heavy atom. The van der Waals surface area contributed by atoms with E-state index in [1.165, 1.54) is 0 Å². The topological polar surface area (TPSA) is 0 Å². The summed E-state index contributed by atoms with van der Waals surface area (Å²) in [6, 6.07) is 0. The van der Waals surface area contributed by atoms with Crippen molar-refractivity contribution in [1.82, 2.24) is 0 Å². The van der Waals surface area contributed by atoms with Crippen molar-refractivity contribution in [2.75, 3.05) is 0 Å². The molecule has 0 radical (unpaired) electrons. The van der Waals surface area contributed by atoms with Gasteiger partial charge in [0.25, 0.3) is 0 Å². The molecule has 0 aromatic carbocycles. The fourth-order valence-electron chi connectivity index (χ4n) is 0.402. The van der Waals surface area contributed by atoms with Crippen LogP contribution in [0.3, 0.4) is 0 Å². The maximum atomic E-state index is 2.97. The maximum Gasteiger partial charge on any atom is 0.00637 e. The molecule has 0 aliphatic heterocycles. The van der Waals surface area contributed by atoms with Gasteiger partial charge in [-0.05, 0) is 12.0 Å². The first-order chi connectivity index (χ1) is 4.27. The van der Waals surface area contributed by atoms with Gasteiger partial charge in [0.15, 0.2) is 0 Å². The quantitative estimate of drug-likeness (QED) is 0.469. The van der Waals surface area contributed by atoms with Crippen molar-refractivity contribution in [3.63, 3.8) is 0 Å². The highest BCUT2D eigenvalue weighted by molar-refractivity contribution is 5.15. The van der Waals surface area contributed by atoms with Gasteiger partial charge in [0.2, 0.25) is 0 Å². The Morgan fingerprint density at radius 3 is 2.56 bits per heavy atom. The molecule has 0 aliphatic rings. The van der Waals surface area contributed by atoms with Crippen molar-refractivity contribution in [2.45, 2.75) is 27.2 Å². The van der Waals surface area contributed by atoms with Crippen LogP contribution >= 0.6 is 0 Å². The number of rotatable bonds is 1. The normalized spacial score (nSPS) is 9.78. The van der Waals surface area contributed by atoms with E-state index in [-0.39, 0.29) is 0 Å². The second-order valence-corrected chi connectivity index (χ2v) is 2.28. The standard InChI is InChI=1S/C9H14/c1-4-5-6-7-8-9(2)3/h7-9H,4H2,1-3H3. The van der Waals surface area contributed by atoms with Crippen molar-refractivity contribution < 1.29 is 0 Å². The van der Waals surface area contributed by atoms with E-state index in [1.54, 1.807) is 0 Å². The van der Waals surface area contributed by atoms with E-state index in [4.69, 9.17) is 0 Å². The summed E-state index contributed by atoms with van der Waals surface area (Å²) in [5.74, 6) is 6.52. The molecular weight excluding hydrogens is 108 g/mol. The van der Waals surface area contributed by atoms with Crippen LogP contribution in [0, 0.1) is 17.8 Å². The van der Waals surface area contributed by atoms with E-state index < -0.39 is 0 Å². The third kappa shape index (κ3) is 7.30. The van der Waals surface area contributed by atoms with Crippen molar-refractivity contribution in [1.29, 1.82) is 0 Å². The molecule has 0 bridgehead atoms. The summed E-state index contributed by atoms with van der Waals surface area (Å²) in [7, 11) is 0. The smallest absolute Gasteiger partial charge is 0.00637 e. The molecule has 0 atom stereocenters. The predicted octanol–water partition coefficient (Wildman–Crippen LogP) is 2.61. The van der Waals surface area contributed by atoms with E-state index in [9.17, 15) is 0 Å². The number of allylic oxidation sites excluding steroid dienone is 2. The summed E-state index contributed by atoms with van der Waals surface area (Å²) in [4.78, 5) is 0. The summed E-state index contributed by atoms with van der Waals surface area (Å²) in [6.45, 7) is 6.34. The highest BCUT2D eigenvalue weighted by atomic mass is 13.8. The van der Waals surface area contributed by atoms with Gasteiger partial charge in [-0.1, -0.05) is 38.7 Å². The lowest BCUT2D eigenvalue weighted by Gasteiger charge is -1.87. The van der Waals surface area contributed by atoms with Crippen molar-refractivity contribution in [3.05, 3.63) is 12.2 Å². The molecule has 0 unspecified atom stereocenters. The SMILES string of the molecule is CCC#CC=CC(C)C. The van der Waals surface area contributed by atoms with E-state index in [0.717, 1.165) is 6.42 Å². The van der Waals surface area contributed by atoms with Gasteiger partial charge in [-0.3, -0.25) is 0 Å². The fourth-order valence-corrected chi connectivity index (χ4v) is 0.402. The van der Waals surface area contributed by atoms with Crippen LogP contribution in [0.15, 0.2) is 12.2 Å². The third-order valence-corrected chi connectivity index (χ3v) is 0.843. The molecule has 0 aromatic heterocycles. The molecular formula is C9H14. The minimum absolute atomic E-state index is 0.621. The highest BCUT2D eigenvalue weighted by Crippen LogP contribution is 1.91. The third-order valence-electron chi connectivity index (χ3n) is 0.843. The van der Waals surface area contributed by atoms with Crippen molar-refractivity contribution in [2.24, 2.45) is 5.92 Å². The van der Waals surface area contributed by atoms with Crippen LogP contribution in [-0.2, 0) is 0 Å². The van der Waals surface area contributed by atoms with Gasteiger partial charge in [-0.15, -0.1) is 0 Å². The van der Waals surface area contributed by atoms with Gasteiger partial charge in [0.05, 0.1) is 0 Å². The Kier molecular flexibility index (Phi) is 5.01. The molecule has 50 valence electrons. The van der Waals surface area contributed by atoms with E-state index >= 15 is 0 Å². The van der Waals surface area contributed by atoms with Crippen LogP contribution in [0.1, 0.15) is 27.2 Å². The number of hydrogen-bond acceptors (Lipinski definition) is 0. The second-order valence-electron chi connectivity index (χ2n) is 2.28. The fraction of sp³-hybridized carbons (Fsp3) is 0.556. The lowest BCUT2D eigenvalue weighted by atomic mass is 10.2.